The monoisotopic (exact) mass is 267 g/mol. The Morgan fingerprint density at radius 2 is 1.90 bits per heavy atom. The Hall–Kier alpha value is -2.44. The first-order valence-electron chi connectivity index (χ1n) is 6.39. The van der Waals surface area contributed by atoms with E-state index in [1.165, 1.54) is 0 Å². The highest BCUT2D eigenvalue weighted by Gasteiger charge is 2.01. The van der Waals surface area contributed by atoms with Gasteiger partial charge in [0.15, 0.2) is 0 Å². The predicted molar refractivity (Wildman–Crippen MR) is 79.6 cm³/mol. The number of phenols is 1. The molecule has 3 N–H and O–H groups in total. The van der Waals surface area contributed by atoms with Crippen LogP contribution in [0.4, 0.5) is 0 Å². The van der Waals surface area contributed by atoms with E-state index in [1.807, 2.05) is 37.3 Å². The molecule has 3 nitrogen and oxygen atoms in total. The fourth-order valence-electron chi connectivity index (χ4n) is 1.80. The van der Waals surface area contributed by atoms with Crippen LogP contribution >= 0.6 is 0 Å². The normalized spacial score (nSPS) is 9.70. The Kier molecular flexibility index (Phi) is 4.65. The molecule has 0 radical (unpaired) electrons. The van der Waals surface area contributed by atoms with Crippen molar-refractivity contribution in [1.29, 1.82) is 0 Å². The molecule has 0 aliphatic heterocycles. The highest BCUT2D eigenvalue weighted by molar-refractivity contribution is 5.43. The van der Waals surface area contributed by atoms with Gasteiger partial charge in [0.2, 0.25) is 0 Å². The molecule has 102 valence electrons. The van der Waals surface area contributed by atoms with Gasteiger partial charge in [-0.05, 0) is 48.4 Å². The number of aromatic hydroxyl groups is 1. The zero-order chi connectivity index (χ0) is 14.4. The number of phenolic OH excluding ortho intramolecular Hbond substituents is 1. The summed E-state index contributed by atoms with van der Waals surface area (Å²) in [5.74, 6) is 6.91. The Labute approximate surface area is 119 Å². The molecule has 0 aromatic heterocycles. The first kappa shape index (κ1) is 14.0. The third kappa shape index (κ3) is 3.78. The van der Waals surface area contributed by atoms with Crippen LogP contribution < -0.4 is 10.5 Å². The molecule has 2 aromatic rings. The molecular weight excluding hydrogens is 250 g/mol. The highest BCUT2D eigenvalue weighted by atomic mass is 16.5. The van der Waals surface area contributed by atoms with E-state index < -0.39 is 0 Å². The van der Waals surface area contributed by atoms with Crippen molar-refractivity contribution >= 4 is 0 Å². The van der Waals surface area contributed by atoms with Gasteiger partial charge in [-0.1, -0.05) is 24.0 Å². The molecule has 0 saturated carbocycles. The quantitative estimate of drug-likeness (QED) is 0.840. The van der Waals surface area contributed by atoms with Gasteiger partial charge in [0.25, 0.3) is 0 Å². The fraction of sp³-hybridized carbons (Fsp3) is 0.176. The number of aryl methyl sites for hydroxylation is 1. The lowest BCUT2D eigenvalue weighted by Gasteiger charge is -2.09. The Balaban J connectivity index is 2.04. The minimum absolute atomic E-state index is 0.257. The molecule has 0 aliphatic rings. The van der Waals surface area contributed by atoms with Crippen LogP contribution in [-0.2, 0) is 6.61 Å². The van der Waals surface area contributed by atoms with Crippen LogP contribution in [0.3, 0.4) is 0 Å². The van der Waals surface area contributed by atoms with Crippen LogP contribution in [-0.4, -0.2) is 11.7 Å². The van der Waals surface area contributed by atoms with Gasteiger partial charge in [-0.3, -0.25) is 0 Å². The summed E-state index contributed by atoms with van der Waals surface area (Å²) in [6.45, 7) is 2.81. The van der Waals surface area contributed by atoms with Gasteiger partial charge in [-0.15, -0.1) is 0 Å². The second kappa shape index (κ2) is 6.65. The van der Waals surface area contributed by atoms with Crippen LogP contribution in [0.25, 0.3) is 0 Å². The number of nitrogens with two attached hydrogens (primary N) is 1. The summed E-state index contributed by atoms with van der Waals surface area (Å²) in [4.78, 5) is 0. The zero-order valence-corrected chi connectivity index (χ0v) is 11.4. The van der Waals surface area contributed by atoms with Crippen LogP contribution in [0.15, 0.2) is 42.5 Å². The van der Waals surface area contributed by atoms with Gasteiger partial charge in [0, 0.05) is 5.56 Å². The fourth-order valence-corrected chi connectivity index (χ4v) is 1.80. The molecule has 0 atom stereocenters. The van der Waals surface area contributed by atoms with Crippen molar-refractivity contribution < 1.29 is 9.84 Å². The van der Waals surface area contributed by atoms with Crippen molar-refractivity contribution in [3.8, 4) is 23.3 Å². The van der Waals surface area contributed by atoms with E-state index in [4.69, 9.17) is 10.5 Å². The SMILES string of the molecule is Cc1cc(C#CCN)ccc1OCc1ccc(O)cc1. The Bertz CT molecular complexity index is 636. The standard InChI is InChI=1S/C17H17NO2/c1-13-11-14(3-2-10-18)6-9-17(13)20-12-15-4-7-16(19)8-5-15/h4-9,11,19H,10,12,18H2,1H3. The van der Waals surface area contributed by atoms with Crippen LogP contribution in [0.2, 0.25) is 0 Å². The van der Waals surface area contributed by atoms with Crippen molar-refractivity contribution in [3.63, 3.8) is 0 Å². The maximum Gasteiger partial charge on any atom is 0.122 e. The molecule has 0 spiro atoms. The van der Waals surface area contributed by atoms with Crippen LogP contribution in [0, 0.1) is 18.8 Å². The lowest BCUT2D eigenvalue weighted by Crippen LogP contribution is -1.97. The topological polar surface area (TPSA) is 55.5 Å². The summed E-state index contributed by atoms with van der Waals surface area (Å²) in [5, 5.41) is 9.22. The Morgan fingerprint density at radius 1 is 1.15 bits per heavy atom. The van der Waals surface area contributed by atoms with Gasteiger partial charge in [0.05, 0.1) is 6.54 Å². The number of hydrogen-bond donors (Lipinski definition) is 2. The summed E-state index contributed by atoms with van der Waals surface area (Å²) in [6.07, 6.45) is 0. The molecule has 0 saturated heterocycles. The van der Waals surface area contributed by atoms with E-state index in [-0.39, 0.29) is 5.75 Å². The average Bonchev–Trinajstić information content (AvgIpc) is 2.46. The van der Waals surface area contributed by atoms with E-state index in [2.05, 4.69) is 11.8 Å². The van der Waals surface area contributed by atoms with E-state index in [0.717, 1.165) is 22.4 Å². The van der Waals surface area contributed by atoms with Crippen LogP contribution in [0.1, 0.15) is 16.7 Å². The summed E-state index contributed by atoms with van der Waals surface area (Å²) in [7, 11) is 0. The first-order valence-corrected chi connectivity index (χ1v) is 6.39. The molecule has 0 amide bonds. The van der Waals surface area contributed by atoms with E-state index in [0.29, 0.717) is 13.2 Å². The minimum atomic E-state index is 0.257. The van der Waals surface area contributed by atoms with E-state index in [9.17, 15) is 5.11 Å². The zero-order valence-electron chi connectivity index (χ0n) is 11.4. The first-order chi connectivity index (χ1) is 9.69. The second-order valence-electron chi connectivity index (χ2n) is 4.44. The van der Waals surface area contributed by atoms with Crippen molar-refractivity contribution in [1.82, 2.24) is 0 Å². The molecule has 0 heterocycles. The molecule has 3 heteroatoms. The Morgan fingerprint density at radius 3 is 2.55 bits per heavy atom. The van der Waals surface area contributed by atoms with Crippen molar-refractivity contribution in [2.45, 2.75) is 13.5 Å². The van der Waals surface area contributed by atoms with Crippen molar-refractivity contribution in [2.75, 3.05) is 6.54 Å². The maximum atomic E-state index is 9.22. The van der Waals surface area contributed by atoms with Crippen LogP contribution in [0.5, 0.6) is 11.5 Å². The minimum Gasteiger partial charge on any atom is -0.508 e. The van der Waals surface area contributed by atoms with E-state index in [1.54, 1.807) is 12.1 Å². The third-order valence-electron chi connectivity index (χ3n) is 2.84. The smallest absolute Gasteiger partial charge is 0.122 e. The number of rotatable bonds is 3. The largest absolute Gasteiger partial charge is 0.508 e. The van der Waals surface area contributed by atoms with Gasteiger partial charge in [-0.25, -0.2) is 0 Å². The molecule has 0 unspecified atom stereocenters. The molecule has 0 bridgehead atoms. The molecule has 0 fully saturated rings. The average molecular weight is 267 g/mol. The third-order valence-corrected chi connectivity index (χ3v) is 2.84. The second-order valence-corrected chi connectivity index (χ2v) is 4.44. The van der Waals surface area contributed by atoms with E-state index >= 15 is 0 Å². The predicted octanol–water partition coefficient (Wildman–Crippen LogP) is 2.59. The number of benzene rings is 2. The molecule has 0 aliphatic carbocycles. The maximum absolute atomic E-state index is 9.22. The molecule has 2 aromatic carbocycles. The number of hydrogen-bond acceptors (Lipinski definition) is 3. The highest BCUT2D eigenvalue weighted by Crippen LogP contribution is 2.20. The summed E-state index contributed by atoms with van der Waals surface area (Å²) in [5.41, 5.74) is 8.33. The molecular formula is C17H17NO2. The lowest BCUT2D eigenvalue weighted by atomic mass is 10.1. The summed E-state index contributed by atoms with van der Waals surface area (Å²) >= 11 is 0. The summed E-state index contributed by atoms with van der Waals surface area (Å²) < 4.78 is 5.77. The number of ether oxygens (including phenoxy) is 1. The van der Waals surface area contributed by atoms with Crippen molar-refractivity contribution in [3.05, 3.63) is 59.2 Å². The van der Waals surface area contributed by atoms with Gasteiger partial charge in [0.1, 0.15) is 18.1 Å². The van der Waals surface area contributed by atoms with Gasteiger partial charge in [-0.2, -0.15) is 0 Å². The van der Waals surface area contributed by atoms with Gasteiger partial charge < -0.3 is 15.6 Å². The molecule has 20 heavy (non-hydrogen) atoms. The van der Waals surface area contributed by atoms with Gasteiger partial charge >= 0.3 is 0 Å². The molecule has 2 rings (SSSR count). The van der Waals surface area contributed by atoms with Crippen molar-refractivity contribution in [2.24, 2.45) is 5.73 Å². The summed E-state index contributed by atoms with van der Waals surface area (Å²) in [6, 6.07) is 12.8. The lowest BCUT2D eigenvalue weighted by molar-refractivity contribution is 0.304.